The number of ether oxygens (including phenoxy) is 1. The van der Waals surface area contributed by atoms with E-state index >= 15 is 0 Å². The van der Waals surface area contributed by atoms with E-state index < -0.39 is 0 Å². The molecule has 23 heavy (non-hydrogen) atoms. The van der Waals surface area contributed by atoms with Crippen LogP contribution < -0.4 is 10.2 Å². The average molecular weight is 313 g/mol. The molecule has 0 aromatic carbocycles. The van der Waals surface area contributed by atoms with Gasteiger partial charge in [0.2, 0.25) is 0 Å². The van der Waals surface area contributed by atoms with Gasteiger partial charge in [-0.2, -0.15) is 5.10 Å². The summed E-state index contributed by atoms with van der Waals surface area (Å²) in [5.74, 6) is 1.06. The maximum absolute atomic E-state index is 5.41. The molecule has 3 heterocycles. The van der Waals surface area contributed by atoms with Gasteiger partial charge in [0.1, 0.15) is 5.82 Å². The lowest BCUT2D eigenvalue weighted by Gasteiger charge is -2.28. The van der Waals surface area contributed by atoms with Crippen LogP contribution >= 0.6 is 0 Å². The third-order valence-electron chi connectivity index (χ3n) is 4.70. The fourth-order valence-corrected chi connectivity index (χ4v) is 3.43. The summed E-state index contributed by atoms with van der Waals surface area (Å²) in [5, 5.41) is 10.9. The predicted molar refractivity (Wildman–Crippen MR) is 88.4 cm³/mol. The molecule has 2 aromatic heterocycles. The fraction of sp³-hybridized carbons (Fsp3) is 0.529. The Hall–Kier alpha value is -1.92. The van der Waals surface area contributed by atoms with Crippen LogP contribution in [0, 0.1) is 0 Å². The number of nitrogens with zero attached hydrogens (tertiary/aromatic N) is 3. The highest BCUT2D eigenvalue weighted by molar-refractivity contribution is 5.39. The monoisotopic (exact) mass is 313 g/mol. The standard InChI is InChI=1S/C17H23N5O/c1-3-13(20-17(6-1)22-7-9-23-10-8-22)11-18-15-4-2-5-16-14(15)12-19-21-16/h1,3,6,12,15,18H,2,4-5,7-11H2,(H,19,21). The molecule has 6 heteroatoms. The van der Waals surface area contributed by atoms with E-state index in [1.807, 2.05) is 6.20 Å². The van der Waals surface area contributed by atoms with E-state index in [9.17, 15) is 0 Å². The Morgan fingerprint density at radius 3 is 3.13 bits per heavy atom. The number of rotatable bonds is 4. The number of anilines is 1. The normalized spacial score (nSPS) is 21.2. The second-order valence-corrected chi connectivity index (χ2v) is 6.22. The summed E-state index contributed by atoms with van der Waals surface area (Å²) in [6.45, 7) is 4.20. The molecule has 0 spiro atoms. The fourth-order valence-electron chi connectivity index (χ4n) is 3.43. The summed E-state index contributed by atoms with van der Waals surface area (Å²) in [6.07, 6.45) is 5.44. The Bertz CT molecular complexity index is 650. The van der Waals surface area contributed by atoms with E-state index in [0.29, 0.717) is 6.04 Å². The van der Waals surface area contributed by atoms with Gasteiger partial charge < -0.3 is 15.0 Å². The number of hydrogen-bond donors (Lipinski definition) is 2. The van der Waals surface area contributed by atoms with E-state index in [2.05, 4.69) is 38.6 Å². The number of hydrogen-bond acceptors (Lipinski definition) is 5. The van der Waals surface area contributed by atoms with Crippen molar-refractivity contribution < 1.29 is 4.74 Å². The van der Waals surface area contributed by atoms with Crippen LogP contribution in [0.2, 0.25) is 0 Å². The lowest BCUT2D eigenvalue weighted by atomic mass is 9.93. The molecule has 0 amide bonds. The smallest absolute Gasteiger partial charge is 0.129 e. The van der Waals surface area contributed by atoms with E-state index in [1.165, 1.54) is 17.7 Å². The number of nitrogens with one attached hydrogen (secondary N) is 2. The van der Waals surface area contributed by atoms with Crippen LogP contribution in [0.1, 0.15) is 35.8 Å². The molecule has 2 N–H and O–H groups in total. The maximum Gasteiger partial charge on any atom is 0.129 e. The third kappa shape index (κ3) is 3.23. The van der Waals surface area contributed by atoms with Crippen LogP contribution in [0.4, 0.5) is 5.82 Å². The molecule has 1 unspecified atom stereocenters. The Balaban J connectivity index is 1.42. The van der Waals surface area contributed by atoms with Crippen LogP contribution in [0.5, 0.6) is 0 Å². The third-order valence-corrected chi connectivity index (χ3v) is 4.70. The minimum Gasteiger partial charge on any atom is -0.378 e. The van der Waals surface area contributed by atoms with Gasteiger partial charge in [-0.1, -0.05) is 6.07 Å². The summed E-state index contributed by atoms with van der Waals surface area (Å²) in [7, 11) is 0. The Labute approximate surface area is 136 Å². The van der Waals surface area contributed by atoms with Gasteiger partial charge in [0.15, 0.2) is 0 Å². The van der Waals surface area contributed by atoms with E-state index in [-0.39, 0.29) is 0 Å². The van der Waals surface area contributed by atoms with E-state index in [1.54, 1.807) is 0 Å². The zero-order valence-electron chi connectivity index (χ0n) is 13.3. The first-order valence-electron chi connectivity index (χ1n) is 8.44. The van der Waals surface area contributed by atoms with Gasteiger partial charge >= 0.3 is 0 Å². The number of aryl methyl sites for hydroxylation is 1. The van der Waals surface area contributed by atoms with Crippen LogP contribution in [-0.4, -0.2) is 41.5 Å². The number of fused-ring (bicyclic) bond motifs is 1. The summed E-state index contributed by atoms with van der Waals surface area (Å²) in [6, 6.07) is 6.66. The number of aromatic amines is 1. The molecule has 1 fully saturated rings. The highest BCUT2D eigenvalue weighted by atomic mass is 16.5. The topological polar surface area (TPSA) is 66.1 Å². The molecule has 1 aliphatic carbocycles. The van der Waals surface area contributed by atoms with Crippen molar-refractivity contribution in [2.24, 2.45) is 0 Å². The Morgan fingerprint density at radius 2 is 2.22 bits per heavy atom. The van der Waals surface area contributed by atoms with Gasteiger partial charge in [0, 0.05) is 36.9 Å². The zero-order valence-corrected chi connectivity index (χ0v) is 13.3. The predicted octanol–water partition coefficient (Wildman–Crippen LogP) is 1.81. The average Bonchev–Trinajstić information content (AvgIpc) is 3.10. The highest BCUT2D eigenvalue weighted by Gasteiger charge is 2.21. The van der Waals surface area contributed by atoms with Crippen molar-refractivity contribution in [2.75, 3.05) is 31.2 Å². The van der Waals surface area contributed by atoms with E-state index in [4.69, 9.17) is 9.72 Å². The van der Waals surface area contributed by atoms with Crippen molar-refractivity contribution in [3.63, 3.8) is 0 Å². The highest BCUT2D eigenvalue weighted by Crippen LogP contribution is 2.28. The minimum absolute atomic E-state index is 0.381. The van der Waals surface area contributed by atoms with E-state index in [0.717, 1.165) is 57.2 Å². The molecule has 0 radical (unpaired) electrons. The van der Waals surface area contributed by atoms with Gasteiger partial charge in [0.05, 0.1) is 25.1 Å². The molecule has 0 bridgehead atoms. The molecule has 2 aliphatic rings. The van der Waals surface area contributed by atoms with Crippen molar-refractivity contribution in [3.05, 3.63) is 41.3 Å². The largest absolute Gasteiger partial charge is 0.378 e. The number of aromatic nitrogens is 3. The molecular weight excluding hydrogens is 290 g/mol. The van der Waals surface area contributed by atoms with Gasteiger partial charge in [-0.3, -0.25) is 5.10 Å². The number of pyridine rings is 1. The van der Waals surface area contributed by atoms with Crippen molar-refractivity contribution in [3.8, 4) is 0 Å². The quantitative estimate of drug-likeness (QED) is 0.901. The summed E-state index contributed by atoms with van der Waals surface area (Å²) < 4.78 is 5.41. The second-order valence-electron chi connectivity index (χ2n) is 6.22. The van der Waals surface area contributed by atoms with Gasteiger partial charge in [-0.25, -0.2) is 4.98 Å². The second kappa shape index (κ2) is 6.68. The molecule has 1 atom stereocenters. The van der Waals surface area contributed by atoms with Gasteiger partial charge in [0.25, 0.3) is 0 Å². The van der Waals surface area contributed by atoms with Crippen molar-refractivity contribution in [1.82, 2.24) is 20.5 Å². The first kappa shape index (κ1) is 14.7. The molecule has 6 nitrogen and oxygen atoms in total. The van der Waals surface area contributed by atoms with Gasteiger partial charge in [-0.15, -0.1) is 0 Å². The Morgan fingerprint density at radius 1 is 1.30 bits per heavy atom. The van der Waals surface area contributed by atoms with Crippen LogP contribution in [0.15, 0.2) is 24.4 Å². The summed E-state index contributed by atoms with van der Waals surface area (Å²) in [5.41, 5.74) is 3.69. The summed E-state index contributed by atoms with van der Waals surface area (Å²) >= 11 is 0. The van der Waals surface area contributed by atoms with Crippen LogP contribution in [0.3, 0.4) is 0 Å². The first-order valence-corrected chi connectivity index (χ1v) is 8.44. The van der Waals surface area contributed by atoms with Crippen LogP contribution in [0.25, 0.3) is 0 Å². The first-order chi connectivity index (χ1) is 11.4. The van der Waals surface area contributed by atoms with Crippen molar-refractivity contribution in [1.29, 1.82) is 0 Å². The summed E-state index contributed by atoms with van der Waals surface area (Å²) in [4.78, 5) is 7.10. The molecule has 1 aliphatic heterocycles. The molecule has 122 valence electrons. The lowest BCUT2D eigenvalue weighted by Crippen LogP contribution is -2.37. The van der Waals surface area contributed by atoms with Crippen LogP contribution in [-0.2, 0) is 17.7 Å². The minimum atomic E-state index is 0.381. The van der Waals surface area contributed by atoms with Crippen molar-refractivity contribution in [2.45, 2.75) is 31.8 Å². The molecule has 2 aromatic rings. The molecule has 0 saturated carbocycles. The molecule has 1 saturated heterocycles. The molecule has 4 rings (SSSR count). The Kier molecular flexibility index (Phi) is 4.26. The maximum atomic E-state index is 5.41. The number of morpholine rings is 1. The SMILES string of the molecule is c1cc(CNC2CCCc3[nH]ncc32)nc(N2CCOCC2)c1. The van der Waals surface area contributed by atoms with Crippen molar-refractivity contribution >= 4 is 5.82 Å². The molecular formula is C17H23N5O. The van der Waals surface area contributed by atoms with Gasteiger partial charge in [-0.05, 0) is 31.4 Å². The lowest BCUT2D eigenvalue weighted by molar-refractivity contribution is 0.122. The number of H-pyrrole nitrogens is 1. The zero-order chi connectivity index (χ0) is 15.5.